The van der Waals surface area contributed by atoms with E-state index in [1.54, 1.807) is 49.6 Å². The number of methoxy groups -OCH3 is 1. The third kappa shape index (κ3) is 7.21. The van der Waals surface area contributed by atoms with E-state index in [4.69, 9.17) is 18.4 Å². The average molecular weight is 552 g/mol. The lowest BCUT2D eigenvalue weighted by molar-refractivity contribution is 0.191. The van der Waals surface area contributed by atoms with Gasteiger partial charge < -0.3 is 23.5 Å². The standard InChI is InChI=1S/C28H29N3O7S/c1-19(2)21-12-13-25(29-18-21)39(33,34)38-28-26(37-22-9-5-4-6-10-22)27(36-15-14-32)30-24(31-28)17-20-8-7-11-23(16-20)35-3/h4-13,16,18-19,32H,14-15,17H2,1-3H3. The quantitative estimate of drug-likeness (QED) is 0.251. The van der Waals surface area contributed by atoms with Gasteiger partial charge in [0.2, 0.25) is 0 Å². The van der Waals surface area contributed by atoms with Gasteiger partial charge in [0.05, 0.1) is 13.7 Å². The number of aliphatic hydroxyl groups is 1. The Kier molecular flexibility index (Phi) is 8.95. The molecule has 2 heterocycles. The number of rotatable bonds is 12. The molecule has 0 amide bonds. The third-order valence-electron chi connectivity index (χ3n) is 5.51. The minimum atomic E-state index is -4.41. The molecule has 1 N–H and O–H groups in total. The molecule has 0 radical (unpaired) electrons. The molecular formula is C28H29N3O7S. The van der Waals surface area contributed by atoms with Crippen LogP contribution < -0.4 is 18.4 Å². The van der Waals surface area contributed by atoms with Crippen LogP contribution in [-0.2, 0) is 16.5 Å². The molecule has 204 valence electrons. The highest BCUT2D eigenvalue weighted by Crippen LogP contribution is 2.39. The first-order valence-electron chi connectivity index (χ1n) is 12.2. The smallest absolute Gasteiger partial charge is 0.358 e. The van der Waals surface area contributed by atoms with Gasteiger partial charge in [-0.2, -0.15) is 18.4 Å². The zero-order valence-corrected chi connectivity index (χ0v) is 22.6. The molecule has 39 heavy (non-hydrogen) atoms. The largest absolute Gasteiger partial charge is 0.497 e. The van der Waals surface area contributed by atoms with Gasteiger partial charge in [-0.1, -0.05) is 50.2 Å². The lowest BCUT2D eigenvalue weighted by atomic mass is 10.1. The Morgan fingerprint density at radius 2 is 1.67 bits per heavy atom. The van der Waals surface area contributed by atoms with Gasteiger partial charge in [-0.05, 0) is 47.4 Å². The fourth-order valence-corrected chi connectivity index (χ4v) is 4.34. The second kappa shape index (κ2) is 12.5. The molecule has 0 aliphatic carbocycles. The maximum atomic E-state index is 13.3. The number of para-hydroxylation sites is 1. The summed E-state index contributed by atoms with van der Waals surface area (Å²) < 4.78 is 48.9. The van der Waals surface area contributed by atoms with E-state index < -0.39 is 10.1 Å². The van der Waals surface area contributed by atoms with Crippen LogP contribution in [0.1, 0.15) is 36.7 Å². The zero-order valence-electron chi connectivity index (χ0n) is 21.8. The summed E-state index contributed by atoms with van der Waals surface area (Å²) in [7, 11) is -2.85. The summed E-state index contributed by atoms with van der Waals surface area (Å²) in [4.78, 5) is 12.9. The van der Waals surface area contributed by atoms with Crippen molar-refractivity contribution in [1.82, 2.24) is 15.0 Å². The lowest BCUT2D eigenvalue weighted by Gasteiger charge is -2.16. The van der Waals surface area contributed by atoms with Gasteiger partial charge in [0, 0.05) is 12.6 Å². The Balaban J connectivity index is 1.79. The van der Waals surface area contributed by atoms with E-state index in [-0.39, 0.29) is 53.9 Å². The molecule has 0 atom stereocenters. The Labute approximate surface area is 227 Å². The molecule has 0 unspecified atom stereocenters. The van der Waals surface area contributed by atoms with Crippen molar-refractivity contribution >= 4 is 10.1 Å². The Bertz CT molecular complexity index is 1500. The van der Waals surface area contributed by atoms with Gasteiger partial charge in [0.25, 0.3) is 17.5 Å². The van der Waals surface area contributed by atoms with E-state index in [1.807, 2.05) is 32.0 Å². The lowest BCUT2D eigenvalue weighted by Crippen LogP contribution is -2.15. The SMILES string of the molecule is COc1cccc(Cc2nc(OCCO)c(Oc3ccccc3)c(OS(=O)(=O)c3ccc(C(C)C)cn3)n2)c1. The molecule has 10 nitrogen and oxygen atoms in total. The molecule has 11 heteroatoms. The molecule has 2 aromatic carbocycles. The topological polar surface area (TPSA) is 130 Å². The molecule has 4 aromatic rings. The van der Waals surface area contributed by atoms with E-state index in [9.17, 15) is 13.5 Å². The van der Waals surface area contributed by atoms with Crippen LogP contribution in [0.25, 0.3) is 0 Å². The molecule has 0 aliphatic rings. The number of aromatic nitrogens is 3. The molecule has 0 saturated heterocycles. The van der Waals surface area contributed by atoms with Crippen molar-refractivity contribution in [2.75, 3.05) is 20.3 Å². The number of hydrogen-bond acceptors (Lipinski definition) is 10. The monoisotopic (exact) mass is 551 g/mol. The highest BCUT2D eigenvalue weighted by Gasteiger charge is 2.27. The summed E-state index contributed by atoms with van der Waals surface area (Å²) in [6, 6.07) is 19.0. The molecule has 4 rings (SSSR count). The van der Waals surface area contributed by atoms with Crippen molar-refractivity contribution in [2.45, 2.75) is 31.2 Å². The van der Waals surface area contributed by atoms with Crippen LogP contribution >= 0.6 is 0 Å². The second-order valence-corrected chi connectivity index (χ2v) is 10.2. The second-order valence-electron chi connectivity index (χ2n) is 8.72. The number of hydrogen-bond donors (Lipinski definition) is 1. The summed E-state index contributed by atoms with van der Waals surface area (Å²) in [5, 5.41) is 9.09. The van der Waals surface area contributed by atoms with Crippen LogP contribution in [0.3, 0.4) is 0 Å². The fourth-order valence-electron chi connectivity index (χ4n) is 3.51. The van der Waals surface area contributed by atoms with Crippen molar-refractivity contribution in [2.24, 2.45) is 0 Å². The van der Waals surface area contributed by atoms with Crippen LogP contribution in [0.15, 0.2) is 78.0 Å². The maximum Gasteiger partial charge on any atom is 0.358 e. The minimum Gasteiger partial charge on any atom is -0.497 e. The molecule has 0 aliphatic heterocycles. The van der Waals surface area contributed by atoms with Crippen LogP contribution in [0.2, 0.25) is 0 Å². The minimum absolute atomic E-state index is 0.0888. The van der Waals surface area contributed by atoms with Gasteiger partial charge in [-0.3, -0.25) is 0 Å². The number of aliphatic hydroxyl groups excluding tert-OH is 1. The van der Waals surface area contributed by atoms with Crippen LogP contribution in [0.4, 0.5) is 0 Å². The Morgan fingerprint density at radius 1 is 0.923 bits per heavy atom. The van der Waals surface area contributed by atoms with Crippen molar-refractivity contribution in [3.8, 4) is 29.0 Å². The van der Waals surface area contributed by atoms with Crippen LogP contribution in [-0.4, -0.2) is 48.8 Å². The van der Waals surface area contributed by atoms with E-state index in [1.165, 1.54) is 12.3 Å². The maximum absolute atomic E-state index is 13.3. The predicted octanol–water partition coefficient (Wildman–Crippen LogP) is 4.53. The number of ether oxygens (including phenoxy) is 3. The first kappa shape index (κ1) is 27.8. The molecule has 0 fully saturated rings. The van der Waals surface area contributed by atoms with Gasteiger partial charge in [0.1, 0.15) is 23.9 Å². The first-order chi connectivity index (χ1) is 18.8. The predicted molar refractivity (Wildman–Crippen MR) is 143 cm³/mol. The van der Waals surface area contributed by atoms with Gasteiger partial charge >= 0.3 is 10.1 Å². The molecule has 2 aromatic heterocycles. The molecule has 0 saturated carbocycles. The van der Waals surface area contributed by atoms with E-state index in [0.717, 1.165) is 11.1 Å². The molecule has 0 spiro atoms. The van der Waals surface area contributed by atoms with Crippen molar-refractivity contribution in [3.63, 3.8) is 0 Å². The average Bonchev–Trinajstić information content (AvgIpc) is 2.94. The van der Waals surface area contributed by atoms with Crippen molar-refractivity contribution in [1.29, 1.82) is 0 Å². The summed E-state index contributed by atoms with van der Waals surface area (Å²) in [5.74, 6) is 0.758. The van der Waals surface area contributed by atoms with Crippen molar-refractivity contribution in [3.05, 3.63) is 89.9 Å². The van der Waals surface area contributed by atoms with Gasteiger partial charge in [-0.15, -0.1) is 0 Å². The summed E-state index contributed by atoms with van der Waals surface area (Å²) in [6.45, 7) is 3.53. The third-order valence-corrected chi connectivity index (χ3v) is 6.64. The zero-order chi connectivity index (χ0) is 27.8. The van der Waals surface area contributed by atoms with Crippen LogP contribution in [0, 0.1) is 0 Å². The number of nitrogens with zero attached hydrogens (tertiary/aromatic N) is 3. The van der Waals surface area contributed by atoms with Gasteiger partial charge in [0.15, 0.2) is 5.03 Å². The molecule has 0 bridgehead atoms. The Morgan fingerprint density at radius 3 is 2.33 bits per heavy atom. The highest BCUT2D eigenvalue weighted by molar-refractivity contribution is 7.87. The fraction of sp³-hybridized carbons (Fsp3) is 0.250. The number of pyridine rings is 1. The van der Waals surface area contributed by atoms with E-state index in [2.05, 4.69) is 15.0 Å². The first-order valence-corrected chi connectivity index (χ1v) is 13.6. The number of benzene rings is 2. The summed E-state index contributed by atoms with van der Waals surface area (Å²) in [6.07, 6.45) is 1.70. The van der Waals surface area contributed by atoms with Gasteiger partial charge in [-0.25, -0.2) is 4.98 Å². The van der Waals surface area contributed by atoms with E-state index in [0.29, 0.717) is 11.5 Å². The molecular weight excluding hydrogens is 522 g/mol. The highest BCUT2D eigenvalue weighted by atomic mass is 32.2. The Hall–Kier alpha value is -4.22. The summed E-state index contributed by atoms with van der Waals surface area (Å²) in [5.41, 5.74) is 1.68. The summed E-state index contributed by atoms with van der Waals surface area (Å²) >= 11 is 0. The van der Waals surface area contributed by atoms with Crippen molar-refractivity contribution < 1.29 is 31.9 Å². The normalized spacial score (nSPS) is 11.3. The van der Waals surface area contributed by atoms with E-state index >= 15 is 0 Å². The van der Waals surface area contributed by atoms with Crippen LogP contribution in [0.5, 0.6) is 29.0 Å².